The Bertz CT molecular complexity index is 398. The van der Waals surface area contributed by atoms with Gasteiger partial charge in [0.1, 0.15) is 5.92 Å². The average molecular weight is 217 g/mol. The van der Waals surface area contributed by atoms with Gasteiger partial charge in [0.05, 0.1) is 5.71 Å². The molecule has 16 heavy (non-hydrogen) atoms. The summed E-state index contributed by atoms with van der Waals surface area (Å²) < 4.78 is 0. The van der Waals surface area contributed by atoms with Crippen molar-refractivity contribution >= 4 is 11.7 Å². The van der Waals surface area contributed by atoms with Crippen LogP contribution in [0, 0.1) is 5.92 Å². The van der Waals surface area contributed by atoms with Crippen LogP contribution < -0.4 is 0 Å². The predicted octanol–water partition coefficient (Wildman–Crippen LogP) is 2.56. The van der Waals surface area contributed by atoms with Gasteiger partial charge in [-0.25, -0.2) is 4.79 Å². The molecule has 0 spiro atoms. The largest absolute Gasteiger partial charge is 0.344 e. The lowest BCUT2D eigenvalue weighted by Crippen LogP contribution is -2.20. The first-order chi connectivity index (χ1) is 7.81. The molecule has 3 nitrogen and oxygen atoms in total. The summed E-state index contributed by atoms with van der Waals surface area (Å²) >= 11 is 0. The van der Waals surface area contributed by atoms with Crippen molar-refractivity contribution in [3.63, 3.8) is 0 Å². The molecule has 0 fully saturated rings. The van der Waals surface area contributed by atoms with E-state index in [1.54, 1.807) is 0 Å². The average Bonchev–Trinajstić information content (AvgIpc) is 2.64. The fourth-order valence-corrected chi connectivity index (χ4v) is 1.89. The number of hydrogen-bond donors (Lipinski definition) is 0. The lowest BCUT2D eigenvalue weighted by Gasteiger charge is -2.07. The first-order valence-corrected chi connectivity index (χ1v) is 5.62. The SMILES string of the molecule is CCCC1=NOC(=O)C1Cc1ccccc1. The summed E-state index contributed by atoms with van der Waals surface area (Å²) in [6, 6.07) is 9.97. The van der Waals surface area contributed by atoms with Gasteiger partial charge in [-0.1, -0.05) is 48.8 Å². The summed E-state index contributed by atoms with van der Waals surface area (Å²) in [5.74, 6) is -0.394. The molecule has 0 saturated carbocycles. The van der Waals surface area contributed by atoms with E-state index in [1.807, 2.05) is 30.3 Å². The standard InChI is InChI=1S/C13H15NO2/c1-2-6-12-11(13(15)16-14-12)9-10-7-4-3-5-8-10/h3-5,7-8,11H,2,6,9H2,1H3. The quantitative estimate of drug-likeness (QED) is 0.727. The first kappa shape index (κ1) is 10.9. The van der Waals surface area contributed by atoms with Gasteiger partial charge in [-0.3, -0.25) is 0 Å². The van der Waals surface area contributed by atoms with Crippen LogP contribution in [0.1, 0.15) is 25.3 Å². The van der Waals surface area contributed by atoms with Crippen molar-refractivity contribution in [1.82, 2.24) is 0 Å². The van der Waals surface area contributed by atoms with Gasteiger partial charge >= 0.3 is 5.97 Å². The zero-order valence-corrected chi connectivity index (χ0v) is 9.35. The lowest BCUT2D eigenvalue weighted by atomic mass is 9.93. The second-order valence-electron chi connectivity index (χ2n) is 3.99. The number of hydrogen-bond acceptors (Lipinski definition) is 3. The summed E-state index contributed by atoms with van der Waals surface area (Å²) in [6.07, 6.45) is 2.52. The topological polar surface area (TPSA) is 38.7 Å². The number of carbonyl (C=O) groups is 1. The third-order valence-electron chi connectivity index (χ3n) is 2.73. The molecule has 1 heterocycles. The molecule has 84 valence electrons. The van der Waals surface area contributed by atoms with E-state index in [0.717, 1.165) is 24.1 Å². The third kappa shape index (κ3) is 2.30. The van der Waals surface area contributed by atoms with Crippen molar-refractivity contribution in [1.29, 1.82) is 0 Å². The maximum Gasteiger partial charge on any atom is 0.344 e. The molecular formula is C13H15NO2. The Morgan fingerprint density at radius 2 is 2.06 bits per heavy atom. The van der Waals surface area contributed by atoms with Gasteiger partial charge in [0.25, 0.3) is 0 Å². The predicted molar refractivity (Wildman–Crippen MR) is 62.1 cm³/mol. The van der Waals surface area contributed by atoms with Gasteiger partial charge in [-0.05, 0) is 18.4 Å². The van der Waals surface area contributed by atoms with Gasteiger partial charge in [0, 0.05) is 0 Å². The monoisotopic (exact) mass is 217 g/mol. The second kappa shape index (κ2) is 4.92. The number of rotatable bonds is 4. The molecule has 0 amide bonds. The summed E-state index contributed by atoms with van der Waals surface area (Å²) in [6.45, 7) is 2.07. The highest BCUT2D eigenvalue weighted by Gasteiger charge is 2.31. The van der Waals surface area contributed by atoms with E-state index >= 15 is 0 Å². The minimum Gasteiger partial charge on any atom is -0.318 e. The van der Waals surface area contributed by atoms with Crippen LogP contribution in [-0.4, -0.2) is 11.7 Å². The highest BCUT2D eigenvalue weighted by molar-refractivity contribution is 6.05. The van der Waals surface area contributed by atoms with Gasteiger partial charge in [0.15, 0.2) is 0 Å². The molecule has 1 unspecified atom stereocenters. The number of nitrogens with zero attached hydrogens (tertiary/aromatic N) is 1. The molecular weight excluding hydrogens is 202 g/mol. The number of oxime groups is 1. The molecule has 0 bridgehead atoms. The molecule has 0 N–H and O–H groups in total. The van der Waals surface area contributed by atoms with Crippen molar-refractivity contribution in [3.05, 3.63) is 35.9 Å². The van der Waals surface area contributed by atoms with Gasteiger partial charge in [0.2, 0.25) is 0 Å². The molecule has 1 aliphatic rings. The van der Waals surface area contributed by atoms with E-state index < -0.39 is 0 Å². The molecule has 0 saturated heterocycles. The highest BCUT2D eigenvalue weighted by atomic mass is 16.7. The molecule has 1 atom stereocenters. The molecule has 3 heteroatoms. The van der Waals surface area contributed by atoms with Gasteiger partial charge < -0.3 is 4.84 Å². The molecule has 2 rings (SSSR count). The van der Waals surface area contributed by atoms with Crippen molar-refractivity contribution in [2.45, 2.75) is 26.2 Å². The number of benzene rings is 1. The van der Waals surface area contributed by atoms with E-state index in [0.29, 0.717) is 6.42 Å². The Kier molecular flexibility index (Phi) is 3.34. The van der Waals surface area contributed by atoms with Crippen molar-refractivity contribution in [3.8, 4) is 0 Å². The maximum atomic E-state index is 11.5. The van der Waals surface area contributed by atoms with Crippen molar-refractivity contribution in [2.24, 2.45) is 11.1 Å². The van der Waals surface area contributed by atoms with Crippen LogP contribution in [0.5, 0.6) is 0 Å². The highest BCUT2D eigenvalue weighted by Crippen LogP contribution is 2.20. The van der Waals surface area contributed by atoms with Crippen LogP contribution >= 0.6 is 0 Å². The molecule has 0 aromatic heterocycles. The molecule has 0 aliphatic carbocycles. The first-order valence-electron chi connectivity index (χ1n) is 5.62. The summed E-state index contributed by atoms with van der Waals surface area (Å²) in [4.78, 5) is 16.3. The van der Waals surface area contributed by atoms with E-state index in [2.05, 4.69) is 12.1 Å². The van der Waals surface area contributed by atoms with Gasteiger partial charge in [-0.2, -0.15) is 0 Å². The lowest BCUT2D eigenvalue weighted by molar-refractivity contribution is -0.143. The van der Waals surface area contributed by atoms with Crippen molar-refractivity contribution in [2.75, 3.05) is 0 Å². The summed E-state index contributed by atoms with van der Waals surface area (Å²) in [5.41, 5.74) is 2.03. The van der Waals surface area contributed by atoms with Crippen LogP contribution in [0.4, 0.5) is 0 Å². The normalized spacial score (nSPS) is 19.4. The molecule has 1 aliphatic heterocycles. The van der Waals surface area contributed by atoms with E-state index in [4.69, 9.17) is 4.84 Å². The van der Waals surface area contributed by atoms with Gasteiger partial charge in [-0.15, -0.1) is 0 Å². The van der Waals surface area contributed by atoms with Crippen LogP contribution in [0.2, 0.25) is 0 Å². The van der Waals surface area contributed by atoms with E-state index in [9.17, 15) is 4.79 Å². The fourth-order valence-electron chi connectivity index (χ4n) is 1.89. The third-order valence-corrected chi connectivity index (χ3v) is 2.73. The zero-order chi connectivity index (χ0) is 11.4. The molecule has 1 aromatic carbocycles. The number of carbonyl (C=O) groups excluding carboxylic acids is 1. The minimum atomic E-state index is -0.215. The maximum absolute atomic E-state index is 11.5. The second-order valence-corrected chi connectivity index (χ2v) is 3.99. The zero-order valence-electron chi connectivity index (χ0n) is 9.35. The Hall–Kier alpha value is -1.64. The van der Waals surface area contributed by atoms with Crippen LogP contribution in [0.25, 0.3) is 0 Å². The Labute approximate surface area is 95.1 Å². The molecule has 0 radical (unpaired) electrons. The minimum absolute atomic E-state index is 0.178. The van der Waals surface area contributed by atoms with Crippen LogP contribution in [-0.2, 0) is 16.1 Å². The Morgan fingerprint density at radius 3 is 2.75 bits per heavy atom. The van der Waals surface area contributed by atoms with Crippen LogP contribution in [0.3, 0.4) is 0 Å². The smallest absolute Gasteiger partial charge is 0.318 e. The Balaban J connectivity index is 2.08. The summed E-state index contributed by atoms with van der Waals surface area (Å²) in [5, 5.41) is 3.85. The fraction of sp³-hybridized carbons (Fsp3) is 0.385. The van der Waals surface area contributed by atoms with Crippen LogP contribution in [0.15, 0.2) is 35.5 Å². The van der Waals surface area contributed by atoms with E-state index in [-0.39, 0.29) is 11.9 Å². The Morgan fingerprint density at radius 1 is 1.31 bits per heavy atom. The van der Waals surface area contributed by atoms with E-state index in [1.165, 1.54) is 0 Å². The molecule has 1 aromatic rings. The van der Waals surface area contributed by atoms with Crippen molar-refractivity contribution < 1.29 is 9.63 Å². The summed E-state index contributed by atoms with van der Waals surface area (Å²) in [7, 11) is 0.